The average molecular weight is 336 g/mol. The molecule has 5 nitrogen and oxygen atoms in total. The Kier molecular flexibility index (Phi) is 3.45. The van der Waals surface area contributed by atoms with E-state index < -0.39 is 0 Å². The Morgan fingerprint density at radius 2 is 1.92 bits per heavy atom. The van der Waals surface area contributed by atoms with Gasteiger partial charge in [-0.15, -0.1) is 0 Å². The van der Waals surface area contributed by atoms with Crippen LogP contribution in [-0.2, 0) is 12.8 Å². The molecule has 1 aromatic heterocycles. The molecule has 25 heavy (non-hydrogen) atoms. The van der Waals surface area contributed by atoms with E-state index in [2.05, 4.69) is 24.4 Å². The summed E-state index contributed by atoms with van der Waals surface area (Å²) in [6, 6.07) is 8.29. The van der Waals surface area contributed by atoms with Crippen LogP contribution in [0.25, 0.3) is 5.69 Å². The zero-order valence-electron chi connectivity index (χ0n) is 14.7. The van der Waals surface area contributed by atoms with Gasteiger partial charge in [-0.2, -0.15) is 5.10 Å². The Hall–Kier alpha value is -2.14. The molecule has 3 aliphatic rings. The largest absolute Gasteiger partial charge is 0.337 e. The summed E-state index contributed by atoms with van der Waals surface area (Å²) in [4.78, 5) is 15.2. The Labute approximate surface area is 148 Å². The van der Waals surface area contributed by atoms with Gasteiger partial charge in [0.1, 0.15) is 0 Å². The van der Waals surface area contributed by atoms with Crippen molar-refractivity contribution in [3.8, 4) is 5.69 Å². The molecule has 2 aliphatic heterocycles. The van der Waals surface area contributed by atoms with Crippen LogP contribution < -0.4 is 5.32 Å². The van der Waals surface area contributed by atoms with Gasteiger partial charge in [0, 0.05) is 37.4 Å². The number of rotatable bonds is 2. The van der Waals surface area contributed by atoms with Crippen molar-refractivity contribution in [3.63, 3.8) is 0 Å². The number of amides is 1. The van der Waals surface area contributed by atoms with E-state index in [4.69, 9.17) is 5.10 Å². The van der Waals surface area contributed by atoms with Crippen LogP contribution in [0.2, 0.25) is 0 Å². The number of fused-ring (bicyclic) bond motifs is 2. The molecule has 0 unspecified atom stereocenters. The lowest BCUT2D eigenvalue weighted by Gasteiger charge is -2.16. The van der Waals surface area contributed by atoms with Gasteiger partial charge < -0.3 is 10.2 Å². The van der Waals surface area contributed by atoms with Crippen LogP contribution in [0.5, 0.6) is 0 Å². The molecule has 1 amide bonds. The number of nitrogens with one attached hydrogen (secondary N) is 1. The molecule has 0 saturated carbocycles. The number of benzene rings is 1. The van der Waals surface area contributed by atoms with Crippen LogP contribution in [0.4, 0.5) is 0 Å². The van der Waals surface area contributed by atoms with Crippen LogP contribution in [0.1, 0.15) is 33.7 Å². The molecule has 130 valence electrons. The minimum atomic E-state index is 0.139. The molecule has 5 rings (SSSR count). The number of aryl methyl sites for hydroxylation is 1. The fourth-order valence-electron chi connectivity index (χ4n) is 4.78. The maximum Gasteiger partial charge on any atom is 0.274 e. The molecule has 0 spiro atoms. The predicted molar refractivity (Wildman–Crippen MR) is 96.1 cm³/mol. The highest BCUT2D eigenvalue weighted by Crippen LogP contribution is 2.32. The number of aromatic nitrogens is 2. The molecule has 2 aromatic rings. The van der Waals surface area contributed by atoms with Gasteiger partial charge in [0.2, 0.25) is 0 Å². The maximum absolute atomic E-state index is 13.2. The molecule has 2 atom stereocenters. The zero-order chi connectivity index (χ0) is 17.0. The highest BCUT2D eigenvalue weighted by Gasteiger charge is 2.40. The fraction of sp³-hybridized carbons (Fsp3) is 0.500. The van der Waals surface area contributed by atoms with Crippen molar-refractivity contribution in [1.29, 1.82) is 0 Å². The highest BCUT2D eigenvalue weighted by atomic mass is 16.2. The summed E-state index contributed by atoms with van der Waals surface area (Å²) in [7, 11) is 0. The topological polar surface area (TPSA) is 50.2 Å². The van der Waals surface area contributed by atoms with E-state index >= 15 is 0 Å². The molecule has 3 heterocycles. The molecule has 0 radical (unpaired) electrons. The summed E-state index contributed by atoms with van der Waals surface area (Å²) < 4.78 is 2.03. The van der Waals surface area contributed by atoms with E-state index in [0.717, 1.165) is 51.1 Å². The van der Waals surface area contributed by atoms with E-state index in [-0.39, 0.29) is 5.91 Å². The fourth-order valence-corrected chi connectivity index (χ4v) is 4.78. The summed E-state index contributed by atoms with van der Waals surface area (Å²) in [5, 5.41) is 8.25. The normalized spacial score (nSPS) is 24.6. The first kappa shape index (κ1) is 15.1. The third-order valence-electron chi connectivity index (χ3n) is 6.15. The first-order valence-electron chi connectivity index (χ1n) is 9.39. The molecule has 1 aromatic carbocycles. The van der Waals surface area contributed by atoms with Gasteiger partial charge in [-0.25, -0.2) is 4.68 Å². The number of carbonyl (C=O) groups is 1. The third kappa shape index (κ3) is 2.33. The van der Waals surface area contributed by atoms with Gasteiger partial charge >= 0.3 is 0 Å². The highest BCUT2D eigenvalue weighted by molar-refractivity contribution is 5.94. The lowest BCUT2D eigenvalue weighted by molar-refractivity contribution is 0.0774. The van der Waals surface area contributed by atoms with Crippen molar-refractivity contribution in [2.24, 2.45) is 11.8 Å². The van der Waals surface area contributed by atoms with Gasteiger partial charge in [-0.05, 0) is 49.7 Å². The molecular weight excluding hydrogens is 312 g/mol. The van der Waals surface area contributed by atoms with Crippen molar-refractivity contribution in [3.05, 3.63) is 46.8 Å². The van der Waals surface area contributed by atoms with Crippen molar-refractivity contribution in [2.45, 2.75) is 26.2 Å². The lowest BCUT2D eigenvalue weighted by Crippen LogP contribution is -2.32. The van der Waals surface area contributed by atoms with Gasteiger partial charge in [0.05, 0.1) is 5.69 Å². The molecule has 0 bridgehead atoms. The summed E-state index contributed by atoms with van der Waals surface area (Å²) in [5.74, 6) is 1.38. The second kappa shape index (κ2) is 5.70. The molecule has 2 saturated heterocycles. The molecule has 1 aliphatic carbocycles. The number of hydrogen-bond acceptors (Lipinski definition) is 3. The van der Waals surface area contributed by atoms with E-state index in [1.165, 1.54) is 16.8 Å². The first-order valence-corrected chi connectivity index (χ1v) is 9.39. The average Bonchev–Trinajstić information content (AvgIpc) is 3.35. The van der Waals surface area contributed by atoms with Gasteiger partial charge in [0.25, 0.3) is 5.91 Å². The number of para-hydroxylation sites is 1. The summed E-state index contributed by atoms with van der Waals surface area (Å²) in [5.41, 5.74) is 5.41. The second-order valence-corrected chi connectivity index (χ2v) is 7.71. The standard InChI is InChI=1S/C20H24N4O/c1-13-5-2-3-7-17(13)24-18-8-4-6-16(18)19(22-24)20(25)23-11-14-9-21-10-15(14)12-23/h2-3,5,7,14-15,21H,4,6,8-12H2,1H3/t14-,15+. The summed E-state index contributed by atoms with van der Waals surface area (Å²) >= 11 is 0. The Morgan fingerprint density at radius 3 is 2.68 bits per heavy atom. The van der Waals surface area contributed by atoms with Crippen molar-refractivity contribution in [1.82, 2.24) is 20.0 Å². The van der Waals surface area contributed by atoms with Crippen molar-refractivity contribution >= 4 is 5.91 Å². The summed E-state index contributed by atoms with van der Waals surface area (Å²) in [6.45, 7) is 5.95. The molecule has 2 fully saturated rings. The van der Waals surface area contributed by atoms with Crippen molar-refractivity contribution in [2.75, 3.05) is 26.2 Å². The predicted octanol–water partition coefficient (Wildman–Crippen LogP) is 1.96. The van der Waals surface area contributed by atoms with Crippen LogP contribution in [0, 0.1) is 18.8 Å². The van der Waals surface area contributed by atoms with Crippen LogP contribution in [0.3, 0.4) is 0 Å². The van der Waals surface area contributed by atoms with Gasteiger partial charge in [-0.1, -0.05) is 18.2 Å². The monoisotopic (exact) mass is 336 g/mol. The molecular formula is C20H24N4O. The van der Waals surface area contributed by atoms with Crippen molar-refractivity contribution < 1.29 is 4.79 Å². The Bertz CT molecular complexity index is 828. The lowest BCUT2D eigenvalue weighted by atomic mass is 10.0. The molecule has 5 heteroatoms. The zero-order valence-corrected chi connectivity index (χ0v) is 14.7. The van der Waals surface area contributed by atoms with Crippen LogP contribution in [-0.4, -0.2) is 46.8 Å². The van der Waals surface area contributed by atoms with E-state index in [1.54, 1.807) is 0 Å². The van der Waals surface area contributed by atoms with E-state index in [9.17, 15) is 4.79 Å². The number of carbonyl (C=O) groups excluding carboxylic acids is 1. The smallest absolute Gasteiger partial charge is 0.274 e. The third-order valence-corrected chi connectivity index (χ3v) is 6.15. The van der Waals surface area contributed by atoms with Gasteiger partial charge in [0.15, 0.2) is 5.69 Å². The minimum absolute atomic E-state index is 0.139. The number of hydrogen-bond donors (Lipinski definition) is 1. The minimum Gasteiger partial charge on any atom is -0.337 e. The van der Waals surface area contributed by atoms with Crippen LogP contribution in [0.15, 0.2) is 24.3 Å². The SMILES string of the molecule is Cc1ccccc1-n1nc(C(=O)N2C[C@H]3CNC[C@H]3C2)c2c1CCC2. The number of likely N-dealkylation sites (tertiary alicyclic amines) is 1. The van der Waals surface area contributed by atoms with Gasteiger partial charge in [-0.3, -0.25) is 4.79 Å². The first-order chi connectivity index (χ1) is 12.2. The maximum atomic E-state index is 13.2. The summed E-state index contributed by atoms with van der Waals surface area (Å²) in [6.07, 6.45) is 3.11. The van der Waals surface area contributed by atoms with E-state index in [0.29, 0.717) is 17.5 Å². The Balaban J connectivity index is 1.51. The Morgan fingerprint density at radius 1 is 1.16 bits per heavy atom. The second-order valence-electron chi connectivity index (χ2n) is 7.71. The van der Waals surface area contributed by atoms with Crippen LogP contribution >= 0.6 is 0 Å². The van der Waals surface area contributed by atoms with E-state index in [1.807, 2.05) is 21.7 Å². The quantitative estimate of drug-likeness (QED) is 0.912. The molecule has 1 N–H and O–H groups in total. The number of nitrogens with zero attached hydrogens (tertiary/aromatic N) is 3.